The van der Waals surface area contributed by atoms with Gasteiger partial charge in [-0.3, -0.25) is 4.72 Å². The van der Waals surface area contributed by atoms with Crippen LogP contribution in [0.15, 0.2) is 90.0 Å². The minimum absolute atomic E-state index is 0.166. The molecular formula is C28H31N3O6S. The molecule has 0 bridgehead atoms. The molecule has 0 aliphatic rings. The first-order valence-electron chi connectivity index (χ1n) is 12.1. The Kier molecular flexibility index (Phi) is 8.05. The fourth-order valence-corrected chi connectivity index (χ4v) is 5.21. The van der Waals surface area contributed by atoms with Crippen molar-refractivity contribution in [2.24, 2.45) is 0 Å². The molecule has 3 aromatic carbocycles. The maximum absolute atomic E-state index is 12.6. The number of fused-ring (bicyclic) bond motifs is 1. The van der Waals surface area contributed by atoms with Gasteiger partial charge in [-0.15, -0.1) is 0 Å². The van der Waals surface area contributed by atoms with Gasteiger partial charge in [-0.25, -0.2) is 13.2 Å². The van der Waals surface area contributed by atoms with Crippen LogP contribution in [0.1, 0.15) is 31.9 Å². The molecule has 9 nitrogen and oxygen atoms in total. The number of β-amino-alcohol motifs (C(OH)–C–C–N with tert-alkyl or cyclic N) is 1. The Hall–Kier alpha value is -3.86. The van der Waals surface area contributed by atoms with Gasteiger partial charge in [0.1, 0.15) is 5.75 Å². The number of anilines is 1. The average molecular weight is 538 g/mol. The van der Waals surface area contributed by atoms with Crippen LogP contribution >= 0.6 is 0 Å². The van der Waals surface area contributed by atoms with Crippen molar-refractivity contribution in [2.75, 3.05) is 11.3 Å². The maximum Gasteiger partial charge on any atom is 0.511 e. The Bertz CT molecular complexity index is 1520. The number of carboxylic acid groups (broad SMARTS) is 1. The van der Waals surface area contributed by atoms with Crippen molar-refractivity contribution in [1.29, 1.82) is 0 Å². The minimum Gasteiger partial charge on any atom is -0.449 e. The lowest BCUT2D eigenvalue weighted by molar-refractivity contribution is 0.144. The normalized spacial score (nSPS) is 12.8. The number of hydrogen-bond acceptors (Lipinski definition) is 6. The molecule has 4 aromatic rings. The maximum atomic E-state index is 12.6. The number of carbonyl (C=O) groups is 1. The number of hydrogen-bond donors (Lipinski definition) is 4. The number of aliphatic hydroxyl groups excluding tert-OH is 1. The summed E-state index contributed by atoms with van der Waals surface area (Å²) in [6.45, 7) is 5.09. The van der Waals surface area contributed by atoms with Crippen molar-refractivity contribution >= 4 is 32.8 Å². The van der Waals surface area contributed by atoms with Gasteiger partial charge in [0.15, 0.2) is 0 Å². The Balaban J connectivity index is 1.34. The van der Waals surface area contributed by atoms with Gasteiger partial charge in [0.25, 0.3) is 10.0 Å². The molecule has 0 amide bonds. The monoisotopic (exact) mass is 537 g/mol. The van der Waals surface area contributed by atoms with Gasteiger partial charge in [-0.2, -0.15) is 0 Å². The van der Waals surface area contributed by atoms with E-state index in [4.69, 9.17) is 9.84 Å². The summed E-state index contributed by atoms with van der Waals surface area (Å²) in [6.07, 6.45) is 0.519. The molecule has 0 aliphatic carbocycles. The number of nitrogens with zero attached hydrogens (tertiary/aromatic N) is 1. The lowest BCUT2D eigenvalue weighted by Crippen LogP contribution is -2.42. The first kappa shape index (κ1) is 27.2. The molecule has 4 rings (SSSR count). The molecule has 0 saturated carbocycles. The first-order chi connectivity index (χ1) is 18.0. The number of ether oxygens (including phenoxy) is 1. The van der Waals surface area contributed by atoms with Crippen LogP contribution in [0, 0.1) is 0 Å². The van der Waals surface area contributed by atoms with E-state index in [1.807, 2.05) is 18.3 Å². The highest BCUT2D eigenvalue weighted by molar-refractivity contribution is 7.92. The number of aliphatic hydroxyl groups is 1. The summed E-state index contributed by atoms with van der Waals surface area (Å²) in [5.74, 6) is 0.274. The second-order valence-corrected chi connectivity index (χ2v) is 11.4. The van der Waals surface area contributed by atoms with Crippen molar-refractivity contribution in [3.05, 3.63) is 90.6 Å². The van der Waals surface area contributed by atoms with Gasteiger partial charge < -0.3 is 24.8 Å². The molecule has 200 valence electrons. The van der Waals surface area contributed by atoms with Gasteiger partial charge in [0.2, 0.25) is 0 Å². The van der Waals surface area contributed by atoms with Crippen LogP contribution in [0.2, 0.25) is 0 Å². The molecule has 1 unspecified atom stereocenters. The number of aryl methyl sites for hydroxylation is 1. The third kappa shape index (κ3) is 6.91. The van der Waals surface area contributed by atoms with Gasteiger partial charge in [-0.1, -0.05) is 30.3 Å². The Morgan fingerprint density at radius 3 is 2.53 bits per heavy atom. The van der Waals surface area contributed by atoms with Crippen LogP contribution in [0.25, 0.3) is 10.9 Å². The molecule has 1 aromatic heterocycles. The van der Waals surface area contributed by atoms with Gasteiger partial charge in [-0.05, 0) is 74.4 Å². The lowest BCUT2D eigenvalue weighted by Gasteiger charge is -2.28. The molecule has 0 aliphatic heterocycles. The van der Waals surface area contributed by atoms with Crippen LogP contribution in [0.3, 0.4) is 0 Å². The van der Waals surface area contributed by atoms with Crippen LogP contribution in [-0.4, -0.2) is 41.4 Å². The molecule has 38 heavy (non-hydrogen) atoms. The second kappa shape index (κ2) is 11.3. The van der Waals surface area contributed by atoms with E-state index in [1.165, 1.54) is 12.1 Å². The van der Waals surface area contributed by atoms with Gasteiger partial charge in [0.05, 0.1) is 11.0 Å². The third-order valence-corrected chi connectivity index (χ3v) is 7.67. The summed E-state index contributed by atoms with van der Waals surface area (Å²) >= 11 is 0. The zero-order chi connectivity index (χ0) is 27.3. The van der Waals surface area contributed by atoms with Crippen LogP contribution in [0.5, 0.6) is 5.75 Å². The van der Waals surface area contributed by atoms with Crippen LogP contribution < -0.4 is 14.8 Å². The van der Waals surface area contributed by atoms with E-state index in [0.717, 1.165) is 17.3 Å². The molecule has 0 fully saturated rings. The second-order valence-electron chi connectivity index (χ2n) is 9.67. The number of rotatable bonds is 11. The first-order valence-corrected chi connectivity index (χ1v) is 13.6. The van der Waals surface area contributed by atoms with E-state index in [2.05, 4.69) is 28.5 Å². The number of aromatic nitrogens is 1. The fraction of sp³-hybridized carbons (Fsp3) is 0.250. The molecule has 4 N–H and O–H groups in total. The highest BCUT2D eigenvalue weighted by Crippen LogP contribution is 2.24. The highest BCUT2D eigenvalue weighted by Gasteiger charge is 2.20. The average Bonchev–Trinajstić information content (AvgIpc) is 3.28. The fourth-order valence-electron chi connectivity index (χ4n) is 4.14. The molecule has 0 spiro atoms. The predicted octanol–water partition coefficient (Wildman–Crippen LogP) is 4.99. The quantitative estimate of drug-likeness (QED) is 0.157. The zero-order valence-corrected chi connectivity index (χ0v) is 22.0. The molecule has 0 radical (unpaired) electrons. The Labute approximate surface area is 221 Å². The van der Waals surface area contributed by atoms with Gasteiger partial charge in [0, 0.05) is 41.4 Å². The molecular weight excluding hydrogens is 506 g/mol. The Morgan fingerprint density at radius 2 is 1.79 bits per heavy atom. The minimum atomic E-state index is -3.73. The summed E-state index contributed by atoms with van der Waals surface area (Å²) in [4.78, 5) is 10.9. The van der Waals surface area contributed by atoms with Crippen molar-refractivity contribution in [3.8, 4) is 5.75 Å². The Morgan fingerprint density at radius 1 is 1.03 bits per heavy atom. The smallest absolute Gasteiger partial charge is 0.449 e. The van der Waals surface area contributed by atoms with Crippen molar-refractivity contribution in [2.45, 2.75) is 43.4 Å². The largest absolute Gasteiger partial charge is 0.511 e. The van der Waals surface area contributed by atoms with E-state index >= 15 is 0 Å². The van der Waals surface area contributed by atoms with Crippen LogP contribution in [0.4, 0.5) is 10.5 Å². The molecule has 10 heteroatoms. The highest BCUT2D eigenvalue weighted by atomic mass is 32.2. The number of nitrogens with one attached hydrogen (secondary N) is 2. The SMILES string of the molecule is CC(C)(CCn1ccc2cc(OC(=O)O)ccc21)NCC(O)c1cccc(NS(=O)(=O)c2ccccc2)c1. The molecule has 1 atom stereocenters. The predicted molar refractivity (Wildman–Crippen MR) is 146 cm³/mol. The van der Waals surface area contributed by atoms with Crippen molar-refractivity contribution in [3.63, 3.8) is 0 Å². The van der Waals surface area contributed by atoms with Gasteiger partial charge >= 0.3 is 6.16 Å². The summed E-state index contributed by atoms with van der Waals surface area (Å²) in [5, 5.41) is 23.9. The third-order valence-electron chi connectivity index (χ3n) is 6.28. The topological polar surface area (TPSA) is 130 Å². The van der Waals surface area contributed by atoms with Crippen LogP contribution in [-0.2, 0) is 16.6 Å². The number of sulfonamides is 1. The van der Waals surface area contributed by atoms with E-state index in [9.17, 15) is 18.3 Å². The molecule has 1 heterocycles. The van der Waals surface area contributed by atoms with E-state index in [0.29, 0.717) is 17.8 Å². The summed E-state index contributed by atoms with van der Waals surface area (Å²) in [6, 6.07) is 21.9. The van der Waals surface area contributed by atoms with Crippen molar-refractivity contribution in [1.82, 2.24) is 9.88 Å². The zero-order valence-electron chi connectivity index (χ0n) is 21.2. The summed E-state index contributed by atoms with van der Waals surface area (Å²) in [5.41, 5.74) is 1.63. The van der Waals surface area contributed by atoms with E-state index in [-0.39, 0.29) is 22.7 Å². The summed E-state index contributed by atoms with van der Waals surface area (Å²) in [7, 11) is -3.73. The van der Waals surface area contributed by atoms with E-state index in [1.54, 1.807) is 54.6 Å². The van der Waals surface area contributed by atoms with Crippen molar-refractivity contribution < 1.29 is 28.2 Å². The lowest BCUT2D eigenvalue weighted by atomic mass is 9.99. The molecule has 0 saturated heterocycles. The van der Waals surface area contributed by atoms with E-state index < -0.39 is 22.3 Å². The summed E-state index contributed by atoms with van der Waals surface area (Å²) < 4.78 is 34.6. The number of benzene rings is 3. The standard InChI is InChI=1S/C28H31N3O6S/c1-28(2,14-16-31-15-13-20-18-23(37-27(33)34)11-12-25(20)31)29-19-26(32)21-7-6-8-22(17-21)30-38(35,36)24-9-4-3-5-10-24/h3-13,15,17-18,26,29-30,32H,14,16,19H2,1-2H3,(H,33,34).